The summed E-state index contributed by atoms with van der Waals surface area (Å²) in [4.78, 5) is 26.7. The highest BCUT2D eigenvalue weighted by molar-refractivity contribution is 7.92. The molecule has 0 aromatic heterocycles. The molecule has 2 aromatic rings. The third-order valence-electron chi connectivity index (χ3n) is 4.47. The average molecular weight is 472 g/mol. The molecule has 0 radical (unpaired) electrons. The summed E-state index contributed by atoms with van der Waals surface area (Å²) in [6, 6.07) is 12.6. The third-order valence-corrected chi connectivity index (χ3v) is 6.15. The van der Waals surface area contributed by atoms with Crippen molar-refractivity contribution in [3.63, 3.8) is 0 Å². The van der Waals surface area contributed by atoms with Gasteiger partial charge in [-0.05, 0) is 30.7 Å². The van der Waals surface area contributed by atoms with Gasteiger partial charge in [0.1, 0.15) is 12.6 Å². The smallest absolute Gasteiger partial charge is 0.244 e. The lowest BCUT2D eigenvalue weighted by molar-refractivity contribution is -0.139. The van der Waals surface area contributed by atoms with Crippen molar-refractivity contribution in [2.75, 3.05) is 24.2 Å². The predicted molar refractivity (Wildman–Crippen MR) is 119 cm³/mol. The fourth-order valence-corrected chi connectivity index (χ4v) is 4.13. The molecular weight excluding hydrogens is 449 g/mol. The molecule has 1 N–H and O–H groups in total. The van der Waals surface area contributed by atoms with Crippen molar-refractivity contribution >= 4 is 50.7 Å². The zero-order chi connectivity index (χ0) is 22.5. The highest BCUT2D eigenvalue weighted by Crippen LogP contribution is 2.30. The predicted octanol–water partition coefficient (Wildman–Crippen LogP) is 2.92. The lowest BCUT2D eigenvalue weighted by atomic mass is 10.1. The van der Waals surface area contributed by atoms with Crippen LogP contribution >= 0.6 is 23.2 Å². The lowest BCUT2D eigenvalue weighted by Crippen LogP contribution is -2.50. The molecule has 7 nitrogen and oxygen atoms in total. The van der Waals surface area contributed by atoms with E-state index >= 15 is 0 Å². The molecule has 0 saturated carbocycles. The standard InChI is InChI=1S/C20H23Cl2N3O4S/c1-14(20(27)23-2)24(12-15-7-5-4-6-8-15)19(26)13-25(30(3,28)29)18-11-16(21)9-10-17(18)22/h4-11,14H,12-13H2,1-3H3,(H,23,27). The number of hydrogen-bond donors (Lipinski definition) is 1. The lowest BCUT2D eigenvalue weighted by Gasteiger charge is -2.31. The fourth-order valence-electron chi connectivity index (χ4n) is 2.84. The molecule has 2 amide bonds. The molecule has 1 atom stereocenters. The summed E-state index contributed by atoms with van der Waals surface area (Å²) in [7, 11) is -2.40. The van der Waals surface area contributed by atoms with Gasteiger partial charge in [-0.25, -0.2) is 8.42 Å². The summed E-state index contributed by atoms with van der Waals surface area (Å²) < 4.78 is 25.8. The summed E-state index contributed by atoms with van der Waals surface area (Å²) in [6.07, 6.45) is 0.973. The van der Waals surface area contributed by atoms with Gasteiger partial charge in [-0.15, -0.1) is 0 Å². The van der Waals surface area contributed by atoms with Gasteiger partial charge in [-0.1, -0.05) is 53.5 Å². The molecule has 10 heteroatoms. The van der Waals surface area contributed by atoms with E-state index < -0.39 is 28.5 Å². The summed E-state index contributed by atoms with van der Waals surface area (Å²) in [6.45, 7) is 1.18. The summed E-state index contributed by atoms with van der Waals surface area (Å²) in [5.74, 6) is -0.928. The first-order valence-corrected chi connectivity index (χ1v) is 11.6. The second kappa shape index (κ2) is 10.1. The van der Waals surface area contributed by atoms with Crippen LogP contribution in [0.3, 0.4) is 0 Å². The SMILES string of the molecule is CNC(=O)C(C)N(Cc1ccccc1)C(=O)CN(c1cc(Cl)ccc1Cl)S(C)(=O)=O. The van der Waals surface area contributed by atoms with Gasteiger partial charge in [-0.3, -0.25) is 13.9 Å². The van der Waals surface area contributed by atoms with Crippen LogP contribution < -0.4 is 9.62 Å². The molecule has 1 unspecified atom stereocenters. The highest BCUT2D eigenvalue weighted by atomic mass is 35.5. The fraction of sp³-hybridized carbons (Fsp3) is 0.300. The number of carbonyl (C=O) groups excluding carboxylic acids is 2. The number of sulfonamides is 1. The first-order valence-electron chi connectivity index (χ1n) is 9.02. The average Bonchev–Trinajstić information content (AvgIpc) is 2.70. The van der Waals surface area contributed by atoms with Crippen molar-refractivity contribution in [2.24, 2.45) is 0 Å². The third kappa shape index (κ3) is 6.10. The molecule has 0 spiro atoms. The van der Waals surface area contributed by atoms with Gasteiger partial charge < -0.3 is 10.2 Å². The molecule has 0 aliphatic rings. The Labute approximate surface area is 186 Å². The number of hydrogen-bond acceptors (Lipinski definition) is 4. The van der Waals surface area contributed by atoms with Gasteiger partial charge in [0.05, 0.1) is 17.0 Å². The Morgan fingerprint density at radius 1 is 1.10 bits per heavy atom. The van der Waals surface area contributed by atoms with Crippen molar-refractivity contribution < 1.29 is 18.0 Å². The molecular formula is C20H23Cl2N3O4S. The monoisotopic (exact) mass is 471 g/mol. The van der Waals surface area contributed by atoms with Gasteiger partial charge in [0.2, 0.25) is 21.8 Å². The topological polar surface area (TPSA) is 86.8 Å². The molecule has 2 aromatic carbocycles. The van der Waals surface area contributed by atoms with E-state index in [1.165, 1.54) is 30.1 Å². The molecule has 0 aliphatic heterocycles. The van der Waals surface area contributed by atoms with Crippen LogP contribution in [0.1, 0.15) is 12.5 Å². The van der Waals surface area contributed by atoms with Crippen molar-refractivity contribution in [3.05, 3.63) is 64.1 Å². The number of anilines is 1. The van der Waals surface area contributed by atoms with Crippen LogP contribution in [0.15, 0.2) is 48.5 Å². The number of nitrogens with zero attached hydrogens (tertiary/aromatic N) is 2. The van der Waals surface area contributed by atoms with E-state index in [0.717, 1.165) is 16.1 Å². The van der Waals surface area contributed by atoms with Crippen molar-refractivity contribution in [3.8, 4) is 0 Å². The van der Waals surface area contributed by atoms with Gasteiger partial charge in [0, 0.05) is 18.6 Å². The van der Waals surface area contributed by atoms with Crippen molar-refractivity contribution in [1.29, 1.82) is 0 Å². The van der Waals surface area contributed by atoms with Crippen LogP contribution in [-0.4, -0.2) is 51.0 Å². The van der Waals surface area contributed by atoms with E-state index in [-0.39, 0.29) is 28.2 Å². The van der Waals surface area contributed by atoms with Crippen LogP contribution in [0.25, 0.3) is 0 Å². The summed E-state index contributed by atoms with van der Waals surface area (Å²) in [5, 5.41) is 2.92. The maximum atomic E-state index is 13.2. The second-order valence-corrected chi connectivity index (χ2v) is 9.41. The molecule has 0 fully saturated rings. The van der Waals surface area contributed by atoms with Crippen LogP contribution in [-0.2, 0) is 26.2 Å². The molecule has 162 valence electrons. The first kappa shape index (κ1) is 24.0. The minimum Gasteiger partial charge on any atom is -0.357 e. The Morgan fingerprint density at radius 3 is 2.30 bits per heavy atom. The molecule has 0 aliphatic carbocycles. The van der Waals surface area contributed by atoms with Gasteiger partial charge in [0.15, 0.2) is 0 Å². The van der Waals surface area contributed by atoms with E-state index in [9.17, 15) is 18.0 Å². The highest BCUT2D eigenvalue weighted by Gasteiger charge is 2.30. The Bertz CT molecular complexity index is 1020. The van der Waals surface area contributed by atoms with Gasteiger partial charge in [0.25, 0.3) is 0 Å². The largest absolute Gasteiger partial charge is 0.357 e. The normalized spacial score (nSPS) is 12.2. The second-order valence-electron chi connectivity index (χ2n) is 6.66. The number of likely N-dealkylation sites (N-methyl/N-ethyl adjacent to an activating group) is 1. The number of amides is 2. The maximum absolute atomic E-state index is 13.2. The number of nitrogens with one attached hydrogen (secondary N) is 1. The van der Waals surface area contributed by atoms with Crippen molar-refractivity contribution in [1.82, 2.24) is 10.2 Å². The summed E-state index contributed by atoms with van der Waals surface area (Å²) >= 11 is 12.2. The van der Waals surface area contributed by atoms with Crippen molar-refractivity contribution in [2.45, 2.75) is 19.5 Å². The number of halogens is 2. The van der Waals surface area contributed by atoms with Crippen LogP contribution in [0.2, 0.25) is 10.0 Å². The van der Waals surface area contributed by atoms with Crippen LogP contribution in [0.5, 0.6) is 0 Å². The Balaban J connectivity index is 2.41. The number of carbonyl (C=O) groups is 2. The molecule has 0 heterocycles. The Kier molecular flexibility index (Phi) is 8.11. The van der Waals surface area contributed by atoms with Gasteiger partial charge in [-0.2, -0.15) is 0 Å². The van der Waals surface area contributed by atoms with E-state index in [0.29, 0.717) is 0 Å². The van der Waals surface area contributed by atoms with Crippen LogP contribution in [0.4, 0.5) is 5.69 Å². The Hall–Kier alpha value is -2.29. The number of benzene rings is 2. The van der Waals surface area contributed by atoms with E-state index in [4.69, 9.17) is 23.2 Å². The number of rotatable bonds is 8. The zero-order valence-corrected chi connectivity index (χ0v) is 19.1. The van der Waals surface area contributed by atoms with E-state index in [2.05, 4.69) is 5.32 Å². The van der Waals surface area contributed by atoms with E-state index in [1.54, 1.807) is 6.92 Å². The van der Waals surface area contributed by atoms with Gasteiger partial charge >= 0.3 is 0 Å². The summed E-state index contributed by atoms with van der Waals surface area (Å²) in [5.41, 5.74) is 0.889. The first-order chi connectivity index (χ1) is 14.0. The molecule has 0 saturated heterocycles. The minimum atomic E-state index is -3.87. The molecule has 30 heavy (non-hydrogen) atoms. The quantitative estimate of drug-likeness (QED) is 0.640. The zero-order valence-electron chi connectivity index (χ0n) is 16.8. The van der Waals surface area contributed by atoms with E-state index in [1.807, 2.05) is 30.3 Å². The molecule has 2 rings (SSSR count). The minimum absolute atomic E-state index is 0.0901. The van der Waals surface area contributed by atoms with Crippen LogP contribution in [0, 0.1) is 0 Å². The molecule has 0 bridgehead atoms. The Morgan fingerprint density at radius 2 is 1.73 bits per heavy atom. The maximum Gasteiger partial charge on any atom is 0.244 e.